The van der Waals surface area contributed by atoms with Crippen LogP contribution in [0.2, 0.25) is 0 Å². The summed E-state index contributed by atoms with van der Waals surface area (Å²) in [5, 5.41) is 15.6. The van der Waals surface area contributed by atoms with Crippen molar-refractivity contribution in [1.29, 1.82) is 0 Å². The number of ether oxygens (including phenoxy) is 1. The number of benzene rings is 1. The summed E-state index contributed by atoms with van der Waals surface area (Å²) in [6.07, 6.45) is 2.57. The molecule has 2 aromatic rings. The summed E-state index contributed by atoms with van der Waals surface area (Å²) >= 11 is 0. The van der Waals surface area contributed by atoms with Crippen LogP contribution in [0.5, 0.6) is 5.75 Å². The van der Waals surface area contributed by atoms with Gasteiger partial charge in [0.25, 0.3) is 5.91 Å². The van der Waals surface area contributed by atoms with Gasteiger partial charge in [0, 0.05) is 11.8 Å². The highest BCUT2D eigenvalue weighted by atomic mass is 19.1. The highest BCUT2D eigenvalue weighted by molar-refractivity contribution is 6.35. The minimum absolute atomic E-state index is 0.108. The standard InChI is InChI=1S/C21H22FN3O3/c1-4-23-16(12(2)26)7-5-13-15(22)6-8-17-20(13)14(21(27)25-17)11-18-19(28-3)9-10-24-18/h6,8-12,16,23-24,26H,4H2,1-3H3,(H,25,27)/b14-11-/t12-,16-/m1/s1. The first-order chi connectivity index (χ1) is 13.5. The molecule has 1 aliphatic rings. The number of amides is 1. The van der Waals surface area contributed by atoms with E-state index in [0.717, 1.165) is 0 Å². The molecule has 3 rings (SSSR count). The SMILES string of the molecule is CCN[C@H](C#Cc1c(F)ccc2c1/C(=C/c1[nH]ccc1OC)C(=O)N2)[C@@H](C)O. The number of aliphatic hydroxyl groups is 1. The Kier molecular flexibility index (Phi) is 5.83. The number of carbonyl (C=O) groups excluding carboxylic acids is 1. The minimum Gasteiger partial charge on any atom is -0.495 e. The van der Waals surface area contributed by atoms with E-state index in [4.69, 9.17) is 4.74 Å². The van der Waals surface area contributed by atoms with Crippen molar-refractivity contribution in [3.8, 4) is 17.6 Å². The fourth-order valence-corrected chi connectivity index (χ4v) is 3.04. The fourth-order valence-electron chi connectivity index (χ4n) is 3.04. The van der Waals surface area contributed by atoms with Crippen LogP contribution in [0.1, 0.15) is 30.7 Å². The number of anilines is 1. The molecule has 1 amide bonds. The van der Waals surface area contributed by atoms with E-state index in [1.807, 2.05) is 6.92 Å². The zero-order valence-electron chi connectivity index (χ0n) is 15.9. The smallest absolute Gasteiger partial charge is 0.256 e. The Morgan fingerprint density at radius 1 is 1.39 bits per heavy atom. The van der Waals surface area contributed by atoms with Crippen molar-refractivity contribution in [3.63, 3.8) is 0 Å². The Morgan fingerprint density at radius 2 is 2.18 bits per heavy atom. The van der Waals surface area contributed by atoms with Gasteiger partial charge in [0.2, 0.25) is 0 Å². The van der Waals surface area contributed by atoms with Crippen molar-refractivity contribution in [2.45, 2.75) is 26.0 Å². The number of hydrogen-bond acceptors (Lipinski definition) is 4. The van der Waals surface area contributed by atoms with Crippen molar-refractivity contribution < 1.29 is 19.0 Å². The molecule has 0 bridgehead atoms. The average Bonchev–Trinajstić information content (AvgIpc) is 3.24. The molecule has 0 radical (unpaired) electrons. The van der Waals surface area contributed by atoms with Crippen LogP contribution in [-0.2, 0) is 4.79 Å². The first-order valence-corrected chi connectivity index (χ1v) is 8.96. The largest absolute Gasteiger partial charge is 0.495 e. The Bertz CT molecular complexity index is 983. The third kappa shape index (κ3) is 3.79. The summed E-state index contributed by atoms with van der Waals surface area (Å²) in [4.78, 5) is 15.5. The van der Waals surface area contributed by atoms with E-state index in [-0.39, 0.29) is 17.0 Å². The number of hydrogen-bond donors (Lipinski definition) is 4. The fraction of sp³-hybridized carbons (Fsp3) is 0.286. The van der Waals surface area contributed by atoms with Gasteiger partial charge in [-0.15, -0.1) is 0 Å². The second-order valence-corrected chi connectivity index (χ2v) is 6.36. The molecular weight excluding hydrogens is 361 g/mol. The molecule has 0 saturated carbocycles. The average molecular weight is 383 g/mol. The molecule has 2 atom stereocenters. The van der Waals surface area contributed by atoms with E-state index < -0.39 is 18.0 Å². The van der Waals surface area contributed by atoms with Gasteiger partial charge < -0.3 is 25.5 Å². The topological polar surface area (TPSA) is 86.4 Å². The second-order valence-electron chi connectivity index (χ2n) is 6.36. The van der Waals surface area contributed by atoms with Crippen LogP contribution in [-0.4, -0.2) is 41.8 Å². The molecule has 0 spiro atoms. The molecule has 7 heteroatoms. The van der Waals surface area contributed by atoms with E-state index in [1.165, 1.54) is 19.2 Å². The monoisotopic (exact) mass is 383 g/mol. The zero-order valence-corrected chi connectivity index (χ0v) is 15.9. The lowest BCUT2D eigenvalue weighted by atomic mass is 9.98. The van der Waals surface area contributed by atoms with E-state index in [9.17, 15) is 14.3 Å². The number of aromatic amines is 1. The number of aliphatic hydroxyl groups excluding tert-OH is 1. The Labute approximate surface area is 162 Å². The van der Waals surface area contributed by atoms with E-state index in [0.29, 0.717) is 29.2 Å². The van der Waals surface area contributed by atoms with Gasteiger partial charge >= 0.3 is 0 Å². The molecule has 1 aromatic heterocycles. The number of fused-ring (bicyclic) bond motifs is 1. The highest BCUT2D eigenvalue weighted by Gasteiger charge is 2.29. The van der Waals surface area contributed by atoms with Gasteiger partial charge in [0.1, 0.15) is 11.6 Å². The zero-order chi connectivity index (χ0) is 20.3. The molecule has 28 heavy (non-hydrogen) atoms. The minimum atomic E-state index is -0.731. The number of nitrogens with one attached hydrogen (secondary N) is 3. The van der Waals surface area contributed by atoms with E-state index in [1.54, 1.807) is 25.3 Å². The van der Waals surface area contributed by atoms with Crippen LogP contribution in [0.4, 0.5) is 10.1 Å². The van der Waals surface area contributed by atoms with Gasteiger partial charge in [-0.3, -0.25) is 4.79 Å². The maximum absolute atomic E-state index is 14.6. The lowest BCUT2D eigenvalue weighted by Crippen LogP contribution is -2.36. The number of H-pyrrole nitrogens is 1. The third-order valence-corrected chi connectivity index (χ3v) is 4.42. The van der Waals surface area contributed by atoms with Crippen LogP contribution in [0.3, 0.4) is 0 Å². The molecule has 1 aromatic carbocycles. The Morgan fingerprint density at radius 3 is 2.86 bits per heavy atom. The van der Waals surface area contributed by atoms with Gasteiger partial charge in [0.15, 0.2) is 0 Å². The van der Waals surface area contributed by atoms with E-state index in [2.05, 4.69) is 27.5 Å². The van der Waals surface area contributed by atoms with Crippen molar-refractivity contribution in [1.82, 2.24) is 10.3 Å². The van der Waals surface area contributed by atoms with Gasteiger partial charge in [-0.2, -0.15) is 0 Å². The number of halogens is 1. The van der Waals surface area contributed by atoms with Crippen molar-refractivity contribution >= 4 is 23.2 Å². The summed E-state index contributed by atoms with van der Waals surface area (Å²) in [6.45, 7) is 4.12. The second kappa shape index (κ2) is 8.30. The van der Waals surface area contributed by atoms with Crippen molar-refractivity contribution in [2.24, 2.45) is 0 Å². The summed E-state index contributed by atoms with van der Waals surface area (Å²) in [7, 11) is 1.53. The molecule has 2 heterocycles. The molecule has 0 saturated heterocycles. The molecular formula is C21H22FN3O3. The van der Waals surface area contributed by atoms with E-state index >= 15 is 0 Å². The van der Waals surface area contributed by atoms with Crippen LogP contribution in [0.15, 0.2) is 24.4 Å². The van der Waals surface area contributed by atoms with Crippen molar-refractivity contribution in [3.05, 3.63) is 47.0 Å². The third-order valence-electron chi connectivity index (χ3n) is 4.42. The predicted molar refractivity (Wildman–Crippen MR) is 106 cm³/mol. The molecule has 0 fully saturated rings. The normalized spacial score (nSPS) is 16.2. The predicted octanol–water partition coefficient (Wildman–Crippen LogP) is 2.37. The number of carbonyl (C=O) groups is 1. The van der Waals surface area contributed by atoms with Gasteiger partial charge in [-0.25, -0.2) is 4.39 Å². The maximum atomic E-state index is 14.6. The molecule has 4 N–H and O–H groups in total. The molecule has 0 aliphatic carbocycles. The maximum Gasteiger partial charge on any atom is 0.256 e. The Balaban J connectivity index is 2.11. The lowest BCUT2D eigenvalue weighted by Gasteiger charge is -2.14. The summed E-state index contributed by atoms with van der Waals surface area (Å²) in [6, 6.07) is 4.00. The molecule has 0 unspecified atom stereocenters. The number of likely N-dealkylation sites (N-methyl/N-ethyl adjacent to an activating group) is 1. The summed E-state index contributed by atoms with van der Waals surface area (Å²) in [5.41, 5.74) is 1.88. The van der Waals surface area contributed by atoms with Gasteiger partial charge in [-0.05, 0) is 37.7 Å². The molecule has 1 aliphatic heterocycles. The van der Waals surface area contributed by atoms with Crippen LogP contribution in [0.25, 0.3) is 11.6 Å². The summed E-state index contributed by atoms with van der Waals surface area (Å²) < 4.78 is 19.9. The van der Waals surface area contributed by atoms with Crippen LogP contribution >= 0.6 is 0 Å². The highest BCUT2D eigenvalue weighted by Crippen LogP contribution is 2.37. The number of methoxy groups -OCH3 is 1. The van der Waals surface area contributed by atoms with Crippen molar-refractivity contribution in [2.75, 3.05) is 19.0 Å². The lowest BCUT2D eigenvalue weighted by molar-refractivity contribution is -0.110. The first-order valence-electron chi connectivity index (χ1n) is 8.96. The van der Waals surface area contributed by atoms with Gasteiger partial charge in [-0.1, -0.05) is 18.8 Å². The molecule has 146 valence electrons. The van der Waals surface area contributed by atoms with Crippen LogP contribution in [0, 0.1) is 17.7 Å². The molecule has 6 nitrogen and oxygen atoms in total. The van der Waals surface area contributed by atoms with Crippen LogP contribution < -0.4 is 15.4 Å². The first kappa shape index (κ1) is 19.7. The number of rotatable bonds is 5. The van der Waals surface area contributed by atoms with Gasteiger partial charge in [0.05, 0.1) is 41.8 Å². The summed E-state index contributed by atoms with van der Waals surface area (Å²) in [5.74, 6) is 5.38. The Hall–Kier alpha value is -3.08. The number of aromatic nitrogens is 1. The quantitative estimate of drug-likeness (QED) is 0.472.